The fraction of sp³-hybridized carbons (Fsp3) is 0.750. The maximum atomic E-state index is 11.2. The molecule has 112 valence electrons. The third-order valence-electron chi connectivity index (χ3n) is 2.90. The molecular formula is C12H16O8. The van der Waals surface area contributed by atoms with Crippen LogP contribution in [0, 0.1) is 0 Å². The van der Waals surface area contributed by atoms with Crippen LogP contribution in [0.25, 0.3) is 0 Å². The number of hydrogen-bond donors (Lipinski definition) is 0. The first-order valence-corrected chi connectivity index (χ1v) is 6.14. The van der Waals surface area contributed by atoms with Crippen LogP contribution >= 0.6 is 0 Å². The lowest BCUT2D eigenvalue weighted by atomic mass is 10.0. The molecule has 0 radical (unpaired) electrons. The van der Waals surface area contributed by atoms with E-state index in [0.29, 0.717) is 6.29 Å². The van der Waals surface area contributed by atoms with Crippen molar-refractivity contribution in [2.24, 2.45) is 0 Å². The fourth-order valence-corrected chi connectivity index (χ4v) is 2.23. The van der Waals surface area contributed by atoms with Gasteiger partial charge in [-0.05, 0) is 13.8 Å². The molecular weight excluding hydrogens is 272 g/mol. The minimum atomic E-state index is -1.08. The van der Waals surface area contributed by atoms with Gasteiger partial charge in [-0.25, -0.2) is 4.79 Å². The van der Waals surface area contributed by atoms with Crippen LogP contribution in [0.1, 0.15) is 20.8 Å². The van der Waals surface area contributed by atoms with Gasteiger partial charge in [0.25, 0.3) is 0 Å². The van der Waals surface area contributed by atoms with Gasteiger partial charge in [0.1, 0.15) is 12.7 Å². The van der Waals surface area contributed by atoms with Crippen molar-refractivity contribution < 1.29 is 38.1 Å². The van der Waals surface area contributed by atoms with Crippen LogP contribution < -0.4 is 0 Å². The van der Waals surface area contributed by atoms with Gasteiger partial charge in [0.15, 0.2) is 30.4 Å². The normalized spacial score (nSPS) is 35.9. The Morgan fingerprint density at radius 1 is 1.40 bits per heavy atom. The number of esters is 1. The van der Waals surface area contributed by atoms with E-state index in [4.69, 9.17) is 23.7 Å². The second kappa shape index (κ2) is 5.37. The first kappa shape index (κ1) is 14.7. The van der Waals surface area contributed by atoms with Crippen LogP contribution in [-0.4, -0.2) is 55.2 Å². The van der Waals surface area contributed by atoms with E-state index in [9.17, 15) is 14.4 Å². The van der Waals surface area contributed by atoms with Gasteiger partial charge in [-0.2, -0.15) is 0 Å². The highest BCUT2D eigenvalue weighted by molar-refractivity contribution is 5.67. The molecule has 0 bridgehead atoms. The number of carbonyl (C=O) groups excluding carboxylic acids is 3. The summed E-state index contributed by atoms with van der Waals surface area (Å²) in [7, 11) is 0. The van der Waals surface area contributed by atoms with E-state index in [-0.39, 0.29) is 6.61 Å². The molecule has 8 heteroatoms. The molecule has 2 fully saturated rings. The van der Waals surface area contributed by atoms with Crippen molar-refractivity contribution in [2.75, 3.05) is 6.61 Å². The van der Waals surface area contributed by atoms with Gasteiger partial charge in [0.05, 0.1) is 0 Å². The van der Waals surface area contributed by atoms with Crippen LogP contribution in [0.3, 0.4) is 0 Å². The third-order valence-corrected chi connectivity index (χ3v) is 2.90. The molecule has 2 rings (SSSR count). The number of cyclic esters (lactones) is 2. The maximum absolute atomic E-state index is 11.2. The molecule has 2 heterocycles. The van der Waals surface area contributed by atoms with Crippen LogP contribution in [0.5, 0.6) is 0 Å². The summed E-state index contributed by atoms with van der Waals surface area (Å²) in [6, 6.07) is 0. The Labute approximate surface area is 115 Å². The molecule has 8 nitrogen and oxygen atoms in total. The number of ether oxygens (including phenoxy) is 5. The molecule has 2 aliphatic heterocycles. The zero-order chi connectivity index (χ0) is 14.9. The Kier molecular flexibility index (Phi) is 3.96. The van der Waals surface area contributed by atoms with Crippen LogP contribution in [0.2, 0.25) is 0 Å². The van der Waals surface area contributed by atoms with Gasteiger partial charge in [0, 0.05) is 6.92 Å². The highest BCUT2D eigenvalue weighted by atomic mass is 16.8. The van der Waals surface area contributed by atoms with Gasteiger partial charge in [0.2, 0.25) is 0 Å². The fourth-order valence-electron chi connectivity index (χ4n) is 2.23. The Bertz CT molecular complexity index is 418. The molecule has 0 spiro atoms. The van der Waals surface area contributed by atoms with Gasteiger partial charge in [-0.15, -0.1) is 0 Å². The van der Waals surface area contributed by atoms with Crippen LogP contribution in [-0.2, 0) is 33.3 Å². The molecule has 20 heavy (non-hydrogen) atoms. The van der Waals surface area contributed by atoms with Gasteiger partial charge >= 0.3 is 12.1 Å². The number of hydrogen-bond acceptors (Lipinski definition) is 8. The molecule has 2 saturated heterocycles. The minimum Gasteiger partial charge on any atom is -0.456 e. The van der Waals surface area contributed by atoms with E-state index in [1.807, 2.05) is 0 Å². The average molecular weight is 288 g/mol. The first-order chi connectivity index (χ1) is 9.32. The lowest BCUT2D eigenvalue weighted by Crippen LogP contribution is -2.60. The van der Waals surface area contributed by atoms with E-state index >= 15 is 0 Å². The van der Waals surface area contributed by atoms with Gasteiger partial charge in [-0.3, -0.25) is 4.79 Å². The summed E-state index contributed by atoms with van der Waals surface area (Å²) in [5.41, 5.74) is 0. The summed E-state index contributed by atoms with van der Waals surface area (Å²) in [6.07, 6.45) is -3.92. The SMILES string of the molecule is CC(=O)OC1C(C=O)OC(C)(C)OC1C1COC(=O)O1. The lowest BCUT2D eigenvalue weighted by Gasteiger charge is -2.44. The molecule has 0 N–H and O–H groups in total. The molecule has 0 aromatic heterocycles. The Morgan fingerprint density at radius 3 is 2.60 bits per heavy atom. The molecule has 4 atom stereocenters. The van der Waals surface area contributed by atoms with Crippen molar-refractivity contribution in [3.8, 4) is 0 Å². The Hall–Kier alpha value is -1.67. The van der Waals surface area contributed by atoms with Crippen LogP contribution in [0.15, 0.2) is 0 Å². The highest BCUT2D eigenvalue weighted by Crippen LogP contribution is 2.32. The average Bonchev–Trinajstić information content (AvgIpc) is 2.76. The number of rotatable bonds is 3. The zero-order valence-corrected chi connectivity index (χ0v) is 11.4. The smallest absolute Gasteiger partial charge is 0.456 e. The van der Waals surface area contributed by atoms with Crippen molar-refractivity contribution in [3.05, 3.63) is 0 Å². The van der Waals surface area contributed by atoms with Crippen molar-refractivity contribution in [2.45, 2.75) is 51.0 Å². The number of aldehydes is 1. The second-order valence-electron chi connectivity index (χ2n) is 4.99. The van der Waals surface area contributed by atoms with Crippen LogP contribution in [0.4, 0.5) is 4.79 Å². The maximum Gasteiger partial charge on any atom is 0.508 e. The molecule has 0 aliphatic carbocycles. The van der Waals surface area contributed by atoms with E-state index < -0.39 is 42.3 Å². The summed E-state index contributed by atoms with van der Waals surface area (Å²) < 4.78 is 25.8. The second-order valence-corrected chi connectivity index (χ2v) is 4.99. The first-order valence-electron chi connectivity index (χ1n) is 6.14. The van der Waals surface area contributed by atoms with E-state index in [1.165, 1.54) is 6.92 Å². The molecule has 0 aromatic carbocycles. The largest absolute Gasteiger partial charge is 0.508 e. The van der Waals surface area contributed by atoms with Crippen molar-refractivity contribution in [1.82, 2.24) is 0 Å². The summed E-state index contributed by atoms with van der Waals surface area (Å²) in [5.74, 6) is -1.67. The van der Waals surface area contributed by atoms with E-state index in [0.717, 1.165) is 0 Å². The summed E-state index contributed by atoms with van der Waals surface area (Å²) in [6.45, 7) is 4.38. The Balaban J connectivity index is 2.23. The molecule has 4 unspecified atom stereocenters. The molecule has 0 amide bonds. The third kappa shape index (κ3) is 3.07. The van der Waals surface area contributed by atoms with Gasteiger partial charge in [-0.1, -0.05) is 0 Å². The van der Waals surface area contributed by atoms with E-state index in [1.54, 1.807) is 13.8 Å². The zero-order valence-electron chi connectivity index (χ0n) is 11.4. The Morgan fingerprint density at radius 2 is 2.10 bits per heavy atom. The molecule has 2 aliphatic rings. The van der Waals surface area contributed by atoms with Crippen molar-refractivity contribution >= 4 is 18.4 Å². The lowest BCUT2D eigenvalue weighted by molar-refractivity contribution is -0.334. The monoisotopic (exact) mass is 288 g/mol. The van der Waals surface area contributed by atoms with Gasteiger partial charge < -0.3 is 28.5 Å². The predicted molar refractivity (Wildman–Crippen MR) is 61.7 cm³/mol. The standard InChI is InChI=1S/C12H16O8/c1-6(14)17-9-7(4-13)19-12(2,3)20-10(9)8-5-16-11(15)18-8/h4,7-10H,5H2,1-3H3. The summed E-state index contributed by atoms with van der Waals surface area (Å²) in [5, 5.41) is 0. The van der Waals surface area contributed by atoms with Crippen molar-refractivity contribution in [1.29, 1.82) is 0 Å². The number of carbonyl (C=O) groups is 3. The minimum absolute atomic E-state index is 0.0388. The quantitative estimate of drug-likeness (QED) is 0.535. The predicted octanol–water partition coefficient (Wildman–Crippen LogP) is 0.172. The van der Waals surface area contributed by atoms with E-state index in [2.05, 4.69) is 0 Å². The molecule has 0 saturated carbocycles. The summed E-state index contributed by atoms with van der Waals surface area (Å²) >= 11 is 0. The topological polar surface area (TPSA) is 97.4 Å². The van der Waals surface area contributed by atoms with Crippen molar-refractivity contribution in [3.63, 3.8) is 0 Å². The molecule has 0 aromatic rings. The summed E-state index contributed by atoms with van der Waals surface area (Å²) in [4.78, 5) is 33.4. The highest BCUT2D eigenvalue weighted by Gasteiger charge is 2.51.